The Morgan fingerprint density at radius 1 is 0.750 bits per heavy atom. The maximum Gasteiger partial charge on any atom is 0.396 e. The quantitative estimate of drug-likeness (QED) is 0.0975. The zero-order valence-corrected chi connectivity index (χ0v) is 25.0. The van der Waals surface area contributed by atoms with Crippen molar-refractivity contribution in [3.05, 3.63) is 75.8 Å². The topological polar surface area (TPSA) is 64.6 Å². The molecular weight excluding hydrogens is 545 g/mol. The van der Waals surface area contributed by atoms with Crippen molar-refractivity contribution in [2.45, 2.75) is 84.1 Å². The number of halogens is 2. The molecule has 0 fully saturated rings. The lowest BCUT2D eigenvalue weighted by Crippen LogP contribution is -2.32. The Morgan fingerprint density at radius 2 is 1.43 bits per heavy atom. The lowest BCUT2D eigenvalue weighted by Gasteiger charge is -2.13. The lowest BCUT2D eigenvalue weighted by atomic mass is 10.0. The van der Waals surface area contributed by atoms with E-state index >= 15 is 0 Å². The second-order valence-electron chi connectivity index (χ2n) is 10.1. The number of carbonyl (C=O) groups excluding carboxylic acids is 2. The van der Waals surface area contributed by atoms with Crippen molar-refractivity contribution in [3.63, 3.8) is 0 Å². The third-order valence-electron chi connectivity index (χ3n) is 6.96. The lowest BCUT2D eigenvalue weighted by molar-refractivity contribution is -0.154. The van der Waals surface area contributed by atoms with E-state index in [1.807, 2.05) is 36.4 Å². The first-order valence-electron chi connectivity index (χ1n) is 14.5. The third kappa shape index (κ3) is 10.7. The molecule has 0 bridgehead atoms. The van der Waals surface area contributed by atoms with Crippen LogP contribution in [0.1, 0.15) is 82.3 Å². The number of rotatable bonds is 17. The fourth-order valence-electron chi connectivity index (χ4n) is 4.66. The van der Waals surface area contributed by atoms with Gasteiger partial charge in [-0.25, -0.2) is 4.79 Å². The predicted octanol–water partition coefficient (Wildman–Crippen LogP) is 8.85. The first kappa shape index (κ1) is 31.8. The fraction of sp³-hybridized carbons (Fsp3) is 0.455. The molecule has 0 atom stereocenters. The van der Waals surface area contributed by atoms with Gasteiger partial charge in [-0.2, -0.15) is 0 Å². The first-order valence-corrected chi connectivity index (χ1v) is 15.3. The number of hydrogen-bond donors (Lipinski definition) is 1. The summed E-state index contributed by atoms with van der Waals surface area (Å²) in [6.07, 6.45) is 13.3. The Bertz CT molecular complexity index is 1230. The van der Waals surface area contributed by atoms with Crippen LogP contribution in [0.25, 0.3) is 10.8 Å². The molecule has 0 heterocycles. The van der Waals surface area contributed by atoms with E-state index in [2.05, 4.69) is 12.2 Å². The highest BCUT2D eigenvalue weighted by atomic mass is 35.5. The molecule has 7 heteroatoms. The minimum absolute atomic E-state index is 0.0677. The average molecular weight is 587 g/mol. The summed E-state index contributed by atoms with van der Waals surface area (Å²) in [7, 11) is 0. The van der Waals surface area contributed by atoms with Gasteiger partial charge in [0.2, 0.25) is 0 Å². The molecule has 40 heavy (non-hydrogen) atoms. The van der Waals surface area contributed by atoms with Crippen LogP contribution in [0.3, 0.4) is 0 Å². The van der Waals surface area contributed by atoms with Gasteiger partial charge >= 0.3 is 11.9 Å². The van der Waals surface area contributed by atoms with Gasteiger partial charge in [0.25, 0.3) is 0 Å². The normalized spacial score (nSPS) is 11.0. The zero-order chi connectivity index (χ0) is 28.6. The number of ether oxygens (including phenoxy) is 2. The fourth-order valence-corrected chi connectivity index (χ4v) is 4.98. The van der Waals surface area contributed by atoms with Crippen LogP contribution < -0.4 is 10.1 Å². The molecule has 0 aliphatic rings. The second kappa shape index (κ2) is 17.8. The van der Waals surface area contributed by atoms with E-state index < -0.39 is 11.9 Å². The van der Waals surface area contributed by atoms with Crippen molar-refractivity contribution in [3.8, 4) is 5.75 Å². The van der Waals surface area contributed by atoms with Crippen LogP contribution in [0.5, 0.6) is 5.75 Å². The molecule has 3 aromatic carbocycles. The monoisotopic (exact) mass is 585 g/mol. The van der Waals surface area contributed by atoms with Gasteiger partial charge < -0.3 is 14.8 Å². The minimum Gasteiger partial charge on any atom is -0.493 e. The van der Waals surface area contributed by atoms with Crippen molar-refractivity contribution >= 4 is 45.9 Å². The van der Waals surface area contributed by atoms with E-state index in [0.717, 1.165) is 34.1 Å². The molecule has 3 rings (SSSR count). The van der Waals surface area contributed by atoms with Gasteiger partial charge in [0.15, 0.2) is 0 Å². The molecule has 0 aliphatic carbocycles. The Balaban J connectivity index is 1.40. The first-order chi connectivity index (χ1) is 19.5. The second-order valence-corrected chi connectivity index (χ2v) is 10.9. The molecule has 5 nitrogen and oxygen atoms in total. The third-order valence-corrected chi connectivity index (χ3v) is 7.70. The summed E-state index contributed by atoms with van der Waals surface area (Å²) < 4.78 is 11.3. The molecule has 3 aromatic rings. The Morgan fingerprint density at radius 3 is 2.12 bits per heavy atom. The summed E-state index contributed by atoms with van der Waals surface area (Å²) in [6.45, 7) is 3.22. The summed E-state index contributed by atoms with van der Waals surface area (Å²) in [4.78, 5) is 24.5. The van der Waals surface area contributed by atoms with Crippen LogP contribution in [0.2, 0.25) is 10.0 Å². The number of benzene rings is 3. The average Bonchev–Trinajstić information content (AvgIpc) is 2.96. The summed E-state index contributed by atoms with van der Waals surface area (Å²) in [5, 5.41) is 5.54. The summed E-state index contributed by atoms with van der Waals surface area (Å²) >= 11 is 11.9. The standard InChI is InChI=1S/C33H41Cl2NO4/c1-2-3-4-5-6-7-8-9-10-13-21-39-31-19-17-26(27-14-11-12-15-28(27)31)24-36-32(37)33(38)40-22-20-25-16-18-29(34)30(35)23-25/h11-12,14-19,23H,2-10,13,20-22,24H2,1H3,(H,36,37). The number of fused-ring (bicyclic) bond motifs is 1. The number of amides is 1. The Labute approximate surface area is 248 Å². The highest BCUT2D eigenvalue weighted by Crippen LogP contribution is 2.29. The van der Waals surface area contributed by atoms with Gasteiger partial charge in [0, 0.05) is 18.4 Å². The molecule has 1 amide bonds. The van der Waals surface area contributed by atoms with Gasteiger partial charge in [-0.1, -0.05) is 124 Å². The van der Waals surface area contributed by atoms with E-state index in [-0.39, 0.29) is 13.2 Å². The van der Waals surface area contributed by atoms with Crippen LogP contribution in [0.4, 0.5) is 0 Å². The van der Waals surface area contributed by atoms with Gasteiger partial charge in [-0.05, 0) is 41.1 Å². The van der Waals surface area contributed by atoms with E-state index in [1.54, 1.807) is 18.2 Å². The van der Waals surface area contributed by atoms with E-state index in [4.69, 9.17) is 32.7 Å². The molecular formula is C33H41Cl2NO4. The molecule has 0 unspecified atom stereocenters. The molecule has 0 spiro atoms. The summed E-state index contributed by atoms with van der Waals surface area (Å²) in [5.41, 5.74) is 1.77. The van der Waals surface area contributed by atoms with Gasteiger partial charge in [-0.3, -0.25) is 4.79 Å². The van der Waals surface area contributed by atoms with Crippen LogP contribution in [-0.2, 0) is 27.3 Å². The van der Waals surface area contributed by atoms with Gasteiger partial charge in [-0.15, -0.1) is 0 Å². The van der Waals surface area contributed by atoms with Crippen molar-refractivity contribution < 1.29 is 19.1 Å². The number of nitrogens with one attached hydrogen (secondary N) is 1. The van der Waals surface area contributed by atoms with Gasteiger partial charge in [0.1, 0.15) is 5.75 Å². The smallest absolute Gasteiger partial charge is 0.396 e. The molecule has 0 saturated carbocycles. The van der Waals surface area contributed by atoms with Crippen LogP contribution in [0, 0.1) is 0 Å². The number of carbonyl (C=O) groups is 2. The minimum atomic E-state index is -0.916. The SMILES string of the molecule is CCCCCCCCCCCCOc1ccc(CNC(=O)C(=O)OCCc2ccc(Cl)c(Cl)c2)c2ccccc12. The zero-order valence-electron chi connectivity index (χ0n) is 23.5. The Hall–Kier alpha value is -2.76. The molecule has 216 valence electrons. The van der Waals surface area contributed by atoms with Crippen molar-refractivity contribution in [1.29, 1.82) is 0 Å². The van der Waals surface area contributed by atoms with Crippen molar-refractivity contribution in [1.82, 2.24) is 5.32 Å². The maximum absolute atomic E-state index is 12.3. The van der Waals surface area contributed by atoms with E-state index in [0.29, 0.717) is 23.1 Å². The molecule has 0 radical (unpaired) electrons. The van der Waals surface area contributed by atoms with E-state index in [9.17, 15) is 9.59 Å². The molecule has 0 aliphatic heterocycles. The largest absolute Gasteiger partial charge is 0.493 e. The molecule has 1 N–H and O–H groups in total. The highest BCUT2D eigenvalue weighted by molar-refractivity contribution is 6.42. The van der Waals surface area contributed by atoms with Gasteiger partial charge in [0.05, 0.1) is 23.3 Å². The molecule has 0 aromatic heterocycles. The van der Waals surface area contributed by atoms with Crippen molar-refractivity contribution in [2.24, 2.45) is 0 Å². The maximum atomic E-state index is 12.3. The van der Waals surface area contributed by atoms with E-state index in [1.165, 1.54) is 57.8 Å². The Kier molecular flexibility index (Phi) is 14.2. The van der Waals surface area contributed by atoms with Crippen molar-refractivity contribution in [2.75, 3.05) is 13.2 Å². The molecule has 0 saturated heterocycles. The summed E-state index contributed by atoms with van der Waals surface area (Å²) in [6, 6.07) is 17.0. The predicted molar refractivity (Wildman–Crippen MR) is 164 cm³/mol. The van der Waals surface area contributed by atoms with Crippen LogP contribution >= 0.6 is 23.2 Å². The number of esters is 1. The van der Waals surface area contributed by atoms with Crippen LogP contribution in [-0.4, -0.2) is 25.1 Å². The number of hydrogen-bond acceptors (Lipinski definition) is 4. The highest BCUT2D eigenvalue weighted by Gasteiger charge is 2.16. The number of unbranched alkanes of at least 4 members (excludes halogenated alkanes) is 9. The summed E-state index contributed by atoms with van der Waals surface area (Å²) in [5.74, 6) is -0.858. The van der Waals surface area contributed by atoms with Crippen LogP contribution in [0.15, 0.2) is 54.6 Å².